The number of pyridine rings is 1. The molecule has 1 aromatic heterocycles. The van der Waals surface area contributed by atoms with Crippen molar-refractivity contribution in [2.45, 2.75) is 13.0 Å². The van der Waals surface area contributed by atoms with Crippen LogP contribution in [0.1, 0.15) is 18.5 Å². The first-order chi connectivity index (χ1) is 8.99. The highest BCUT2D eigenvalue weighted by atomic mass is 35.5. The molecule has 0 radical (unpaired) electrons. The molecule has 0 aliphatic heterocycles. The monoisotopic (exact) mass is 298 g/mol. The van der Waals surface area contributed by atoms with Gasteiger partial charge in [0.15, 0.2) is 11.6 Å². The van der Waals surface area contributed by atoms with Crippen LogP contribution in [0.5, 0.6) is 0 Å². The van der Waals surface area contributed by atoms with Crippen LogP contribution in [0.2, 0.25) is 10.0 Å². The summed E-state index contributed by atoms with van der Waals surface area (Å²) >= 11 is 11.6. The van der Waals surface area contributed by atoms with Crippen LogP contribution in [0.15, 0.2) is 36.5 Å². The van der Waals surface area contributed by atoms with Crippen molar-refractivity contribution in [1.82, 2.24) is 4.98 Å². The minimum Gasteiger partial charge on any atom is -0.350 e. The molecule has 2 aromatic rings. The summed E-state index contributed by atoms with van der Waals surface area (Å²) in [7, 11) is 1.79. The first kappa shape index (κ1) is 14.1. The standard InChI is InChI=1S/C14H13Cl2FN2/c1-9(10-3-5-11(15)6-4-10)19(2)14-13(17)7-12(16)8-18-14/h3-9H,1-2H3. The summed E-state index contributed by atoms with van der Waals surface area (Å²) in [5.74, 6) is -0.164. The SMILES string of the molecule is CC(c1ccc(Cl)cc1)N(C)c1ncc(Cl)cc1F. The van der Waals surface area contributed by atoms with E-state index in [0.717, 1.165) is 5.56 Å². The highest BCUT2D eigenvalue weighted by Crippen LogP contribution is 2.27. The zero-order chi connectivity index (χ0) is 14.0. The third-order valence-electron chi connectivity index (χ3n) is 3.06. The molecule has 0 fully saturated rings. The minimum atomic E-state index is -0.434. The maximum Gasteiger partial charge on any atom is 0.167 e. The molecule has 2 rings (SSSR count). The van der Waals surface area contributed by atoms with Gasteiger partial charge in [-0.05, 0) is 30.7 Å². The molecule has 0 N–H and O–H groups in total. The Bertz CT molecular complexity index is 572. The lowest BCUT2D eigenvalue weighted by molar-refractivity contribution is 0.602. The number of hydrogen-bond acceptors (Lipinski definition) is 2. The second kappa shape index (κ2) is 5.76. The summed E-state index contributed by atoms with van der Waals surface area (Å²) in [6, 6.07) is 8.68. The van der Waals surface area contributed by atoms with E-state index in [2.05, 4.69) is 4.98 Å². The van der Waals surface area contributed by atoms with Crippen LogP contribution >= 0.6 is 23.2 Å². The normalized spacial score (nSPS) is 12.3. The molecule has 19 heavy (non-hydrogen) atoms. The Morgan fingerprint density at radius 1 is 1.16 bits per heavy atom. The summed E-state index contributed by atoms with van der Waals surface area (Å²) in [6.45, 7) is 1.97. The van der Waals surface area contributed by atoms with Gasteiger partial charge in [0.1, 0.15) is 0 Å². The average molecular weight is 299 g/mol. The van der Waals surface area contributed by atoms with Crippen LogP contribution in [0, 0.1) is 5.82 Å². The molecule has 0 aliphatic rings. The van der Waals surface area contributed by atoms with Crippen molar-refractivity contribution in [2.24, 2.45) is 0 Å². The van der Waals surface area contributed by atoms with Gasteiger partial charge in [-0.1, -0.05) is 35.3 Å². The second-order valence-corrected chi connectivity index (χ2v) is 5.17. The summed E-state index contributed by atoms with van der Waals surface area (Å²) in [5, 5.41) is 0.961. The van der Waals surface area contributed by atoms with Crippen LogP contribution in [-0.2, 0) is 0 Å². The van der Waals surface area contributed by atoms with Crippen molar-refractivity contribution >= 4 is 29.0 Å². The first-order valence-electron chi connectivity index (χ1n) is 5.78. The second-order valence-electron chi connectivity index (χ2n) is 4.30. The lowest BCUT2D eigenvalue weighted by Crippen LogP contribution is -2.23. The maximum atomic E-state index is 13.8. The van der Waals surface area contributed by atoms with Crippen molar-refractivity contribution in [3.8, 4) is 0 Å². The summed E-state index contributed by atoms with van der Waals surface area (Å²) < 4.78 is 13.8. The van der Waals surface area contributed by atoms with E-state index in [4.69, 9.17) is 23.2 Å². The fraction of sp³-hybridized carbons (Fsp3) is 0.214. The van der Waals surface area contributed by atoms with Gasteiger partial charge in [-0.15, -0.1) is 0 Å². The first-order valence-corrected chi connectivity index (χ1v) is 6.54. The number of benzene rings is 1. The number of nitrogens with zero attached hydrogens (tertiary/aromatic N) is 2. The summed E-state index contributed by atoms with van der Waals surface area (Å²) in [4.78, 5) is 5.79. The number of halogens is 3. The van der Waals surface area contributed by atoms with Crippen molar-refractivity contribution in [3.63, 3.8) is 0 Å². The predicted octanol–water partition coefficient (Wildman–Crippen LogP) is 4.72. The Morgan fingerprint density at radius 3 is 2.37 bits per heavy atom. The molecule has 0 amide bonds. The predicted molar refractivity (Wildman–Crippen MR) is 77.5 cm³/mol. The number of hydrogen-bond donors (Lipinski definition) is 0. The molecule has 0 spiro atoms. The molecule has 5 heteroatoms. The molecular weight excluding hydrogens is 286 g/mol. The zero-order valence-corrected chi connectivity index (χ0v) is 12.1. The third kappa shape index (κ3) is 3.17. The lowest BCUT2D eigenvalue weighted by Gasteiger charge is -2.26. The third-order valence-corrected chi connectivity index (χ3v) is 3.51. The zero-order valence-electron chi connectivity index (χ0n) is 10.6. The van der Waals surface area contributed by atoms with Gasteiger partial charge in [0, 0.05) is 18.3 Å². The molecule has 100 valence electrons. The number of rotatable bonds is 3. The fourth-order valence-electron chi connectivity index (χ4n) is 1.82. The van der Waals surface area contributed by atoms with Crippen LogP contribution in [-0.4, -0.2) is 12.0 Å². The van der Waals surface area contributed by atoms with Gasteiger partial charge < -0.3 is 4.90 Å². The highest BCUT2D eigenvalue weighted by molar-refractivity contribution is 6.30. The highest BCUT2D eigenvalue weighted by Gasteiger charge is 2.17. The van der Waals surface area contributed by atoms with Crippen LogP contribution in [0.3, 0.4) is 0 Å². The molecule has 1 heterocycles. The summed E-state index contributed by atoms with van der Waals surface area (Å²) in [5.41, 5.74) is 1.03. The van der Waals surface area contributed by atoms with Crippen LogP contribution in [0.25, 0.3) is 0 Å². The Labute approximate surface area is 121 Å². The van der Waals surface area contributed by atoms with Crippen molar-refractivity contribution in [3.05, 3.63) is 58.0 Å². The van der Waals surface area contributed by atoms with Gasteiger partial charge >= 0.3 is 0 Å². The molecule has 1 atom stereocenters. The molecule has 0 aliphatic carbocycles. The molecule has 1 aromatic carbocycles. The number of aromatic nitrogens is 1. The van der Waals surface area contributed by atoms with Gasteiger partial charge in [0.05, 0.1) is 11.1 Å². The quantitative estimate of drug-likeness (QED) is 0.815. The summed E-state index contributed by atoms with van der Waals surface area (Å²) in [6.07, 6.45) is 1.44. The lowest BCUT2D eigenvalue weighted by atomic mass is 10.1. The van der Waals surface area contributed by atoms with Gasteiger partial charge in [0.2, 0.25) is 0 Å². The van der Waals surface area contributed by atoms with Gasteiger partial charge in [0.25, 0.3) is 0 Å². The topological polar surface area (TPSA) is 16.1 Å². The van der Waals surface area contributed by atoms with Crippen molar-refractivity contribution < 1.29 is 4.39 Å². The van der Waals surface area contributed by atoms with Crippen molar-refractivity contribution in [1.29, 1.82) is 0 Å². The van der Waals surface area contributed by atoms with E-state index in [-0.39, 0.29) is 16.9 Å². The van der Waals surface area contributed by atoms with E-state index < -0.39 is 5.82 Å². The number of anilines is 1. The van der Waals surface area contributed by atoms with E-state index in [1.165, 1.54) is 12.3 Å². The van der Waals surface area contributed by atoms with E-state index in [1.54, 1.807) is 11.9 Å². The van der Waals surface area contributed by atoms with E-state index >= 15 is 0 Å². The van der Waals surface area contributed by atoms with E-state index in [0.29, 0.717) is 5.02 Å². The molecule has 0 saturated carbocycles. The molecule has 0 bridgehead atoms. The largest absolute Gasteiger partial charge is 0.350 e. The molecular formula is C14H13Cl2FN2. The van der Waals surface area contributed by atoms with Gasteiger partial charge in [-0.3, -0.25) is 0 Å². The molecule has 0 saturated heterocycles. The van der Waals surface area contributed by atoms with Crippen LogP contribution in [0.4, 0.5) is 10.2 Å². The van der Waals surface area contributed by atoms with Gasteiger partial charge in [-0.25, -0.2) is 9.37 Å². The Hall–Kier alpha value is -1.32. The van der Waals surface area contributed by atoms with E-state index in [1.807, 2.05) is 31.2 Å². The Kier molecular flexibility index (Phi) is 4.27. The molecule has 2 nitrogen and oxygen atoms in total. The fourth-order valence-corrected chi connectivity index (χ4v) is 2.09. The van der Waals surface area contributed by atoms with E-state index in [9.17, 15) is 4.39 Å². The Morgan fingerprint density at radius 2 is 1.79 bits per heavy atom. The van der Waals surface area contributed by atoms with Crippen LogP contribution < -0.4 is 4.90 Å². The molecule has 1 unspecified atom stereocenters. The minimum absolute atomic E-state index is 0.0274. The van der Waals surface area contributed by atoms with Gasteiger partial charge in [-0.2, -0.15) is 0 Å². The maximum absolute atomic E-state index is 13.8. The van der Waals surface area contributed by atoms with Crippen molar-refractivity contribution in [2.75, 3.05) is 11.9 Å². The smallest absolute Gasteiger partial charge is 0.167 e. The average Bonchev–Trinajstić information content (AvgIpc) is 2.38. The Balaban J connectivity index is 2.27.